The maximum atomic E-state index is 8.16. The molecule has 1 aliphatic rings. The van der Waals surface area contributed by atoms with Gasteiger partial charge in [-0.2, -0.15) is 17.0 Å². The molecule has 0 aromatic heterocycles. The monoisotopic (exact) mass is 128 g/mol. The maximum Gasteiger partial charge on any atom is 0.176 e. The van der Waals surface area contributed by atoms with Crippen LogP contribution in [0.4, 0.5) is 0 Å². The summed E-state index contributed by atoms with van der Waals surface area (Å²) in [5.41, 5.74) is 0. The van der Waals surface area contributed by atoms with E-state index in [0.717, 1.165) is 12.2 Å². The van der Waals surface area contributed by atoms with Gasteiger partial charge in [0, 0.05) is 11.8 Å². The van der Waals surface area contributed by atoms with Crippen LogP contribution in [0.15, 0.2) is 0 Å². The Balaban J connectivity index is 2.17. The quantitative estimate of drug-likeness (QED) is 0.414. The molecule has 3 heteroatoms. The molecule has 2 nitrogen and oxygen atoms in total. The van der Waals surface area contributed by atoms with Gasteiger partial charge in [-0.3, -0.25) is 0 Å². The first-order valence-corrected chi connectivity index (χ1v) is 3.81. The summed E-state index contributed by atoms with van der Waals surface area (Å²) in [6.45, 7) is 0. The minimum Gasteiger partial charge on any atom is -0.320 e. The number of nitrogens with zero attached hydrogens (tertiary/aromatic N) is 1. The van der Waals surface area contributed by atoms with Gasteiger partial charge in [-0.1, -0.05) is 0 Å². The third-order valence-electron chi connectivity index (χ3n) is 1.20. The molecule has 0 aromatic carbocycles. The van der Waals surface area contributed by atoms with Crippen LogP contribution in [-0.4, -0.2) is 17.5 Å². The van der Waals surface area contributed by atoms with Crippen LogP contribution in [0.1, 0.15) is 6.42 Å². The van der Waals surface area contributed by atoms with Gasteiger partial charge >= 0.3 is 0 Å². The van der Waals surface area contributed by atoms with Crippen molar-refractivity contribution >= 4 is 11.8 Å². The van der Waals surface area contributed by atoms with Gasteiger partial charge in [-0.25, -0.2) is 0 Å². The molecule has 44 valence electrons. The van der Waals surface area contributed by atoms with Gasteiger partial charge in [-0.05, 0) is 12.2 Å². The van der Waals surface area contributed by atoms with Crippen LogP contribution in [0.3, 0.4) is 0 Å². The van der Waals surface area contributed by atoms with E-state index in [0.29, 0.717) is 6.04 Å². The van der Waals surface area contributed by atoms with E-state index in [2.05, 4.69) is 5.32 Å². The number of nitrogens with one attached hydrogen (secondary N) is 1. The Labute approximate surface area is 53.3 Å². The Morgan fingerprint density at radius 2 is 2.62 bits per heavy atom. The second-order valence-electron chi connectivity index (χ2n) is 1.82. The highest BCUT2D eigenvalue weighted by atomic mass is 32.2. The summed E-state index contributed by atoms with van der Waals surface area (Å²) in [5.74, 6) is 2.31. The Bertz CT molecular complexity index is 101. The fourth-order valence-corrected chi connectivity index (χ4v) is 1.89. The van der Waals surface area contributed by atoms with Crippen molar-refractivity contribution in [3.8, 4) is 6.19 Å². The Morgan fingerprint density at radius 1 is 1.75 bits per heavy atom. The molecule has 1 heterocycles. The molecule has 0 aliphatic carbocycles. The largest absolute Gasteiger partial charge is 0.320 e. The topological polar surface area (TPSA) is 35.8 Å². The number of thioether (sulfide) groups is 1. The molecule has 1 unspecified atom stereocenters. The van der Waals surface area contributed by atoms with Crippen molar-refractivity contribution in [2.75, 3.05) is 11.5 Å². The molecule has 0 aromatic rings. The zero-order valence-corrected chi connectivity index (χ0v) is 5.37. The zero-order chi connectivity index (χ0) is 5.82. The average molecular weight is 128 g/mol. The highest BCUT2D eigenvalue weighted by Gasteiger charge is 2.13. The Kier molecular flexibility index (Phi) is 2.04. The van der Waals surface area contributed by atoms with Crippen molar-refractivity contribution in [2.24, 2.45) is 0 Å². The number of rotatable bonds is 1. The van der Waals surface area contributed by atoms with E-state index in [1.54, 1.807) is 0 Å². The van der Waals surface area contributed by atoms with E-state index in [1.807, 2.05) is 18.0 Å². The van der Waals surface area contributed by atoms with Gasteiger partial charge in [0.25, 0.3) is 0 Å². The van der Waals surface area contributed by atoms with E-state index in [-0.39, 0.29) is 0 Å². The zero-order valence-electron chi connectivity index (χ0n) is 4.55. The molecule has 1 rings (SSSR count). The van der Waals surface area contributed by atoms with Gasteiger partial charge in [0.05, 0.1) is 0 Å². The van der Waals surface area contributed by atoms with Crippen LogP contribution < -0.4 is 5.32 Å². The molecule has 1 atom stereocenters. The van der Waals surface area contributed by atoms with Gasteiger partial charge in [0.2, 0.25) is 0 Å². The molecule has 8 heavy (non-hydrogen) atoms. The fourth-order valence-electron chi connectivity index (χ4n) is 0.740. The summed E-state index contributed by atoms with van der Waals surface area (Å²) in [4.78, 5) is 0. The second kappa shape index (κ2) is 2.83. The predicted octanol–water partition coefficient (Wildman–Crippen LogP) is 0.563. The third kappa shape index (κ3) is 1.31. The molecule has 0 saturated carbocycles. The minimum atomic E-state index is 0.463. The normalized spacial score (nSPS) is 27.1. The van der Waals surface area contributed by atoms with Gasteiger partial charge in [-0.15, -0.1) is 0 Å². The van der Waals surface area contributed by atoms with Crippen LogP contribution in [0.25, 0.3) is 0 Å². The molecule has 0 radical (unpaired) electrons. The number of hydrogen-bond acceptors (Lipinski definition) is 3. The third-order valence-corrected chi connectivity index (χ3v) is 2.36. The number of nitriles is 1. The molecule has 0 bridgehead atoms. The molecule has 0 spiro atoms. The fraction of sp³-hybridized carbons (Fsp3) is 0.800. The summed E-state index contributed by atoms with van der Waals surface area (Å²) < 4.78 is 0. The molecule has 1 aliphatic heterocycles. The molecule has 1 saturated heterocycles. The molecular formula is C5H8N2S. The lowest BCUT2D eigenvalue weighted by Gasteiger charge is -2.00. The molecular weight excluding hydrogens is 120 g/mol. The van der Waals surface area contributed by atoms with Crippen LogP contribution >= 0.6 is 11.8 Å². The standard InChI is InChI=1S/C5H8N2S/c6-4-7-5-1-2-8-3-5/h5,7H,1-3H2. The van der Waals surface area contributed by atoms with Gasteiger partial charge < -0.3 is 5.32 Å². The van der Waals surface area contributed by atoms with E-state index < -0.39 is 0 Å². The van der Waals surface area contributed by atoms with E-state index in [1.165, 1.54) is 5.75 Å². The maximum absolute atomic E-state index is 8.16. The van der Waals surface area contributed by atoms with Crippen molar-refractivity contribution in [1.82, 2.24) is 5.32 Å². The van der Waals surface area contributed by atoms with E-state index in [9.17, 15) is 0 Å². The van der Waals surface area contributed by atoms with Crippen LogP contribution in [0.5, 0.6) is 0 Å². The lowest BCUT2D eigenvalue weighted by molar-refractivity contribution is 0.662. The molecule has 1 fully saturated rings. The van der Waals surface area contributed by atoms with Crippen molar-refractivity contribution in [1.29, 1.82) is 5.26 Å². The lowest BCUT2D eigenvalue weighted by atomic mass is 10.3. The smallest absolute Gasteiger partial charge is 0.176 e. The second-order valence-corrected chi connectivity index (χ2v) is 2.97. The summed E-state index contributed by atoms with van der Waals surface area (Å²) >= 11 is 1.91. The van der Waals surface area contributed by atoms with Crippen molar-refractivity contribution < 1.29 is 0 Å². The van der Waals surface area contributed by atoms with Gasteiger partial charge in [0.15, 0.2) is 6.19 Å². The first kappa shape index (κ1) is 5.77. The SMILES string of the molecule is N#CNC1CCSC1. The first-order chi connectivity index (χ1) is 3.93. The van der Waals surface area contributed by atoms with Crippen LogP contribution in [0.2, 0.25) is 0 Å². The Hall–Kier alpha value is -0.360. The van der Waals surface area contributed by atoms with Gasteiger partial charge in [0.1, 0.15) is 0 Å². The first-order valence-electron chi connectivity index (χ1n) is 2.66. The highest BCUT2D eigenvalue weighted by Crippen LogP contribution is 2.16. The molecule has 1 N–H and O–H groups in total. The van der Waals surface area contributed by atoms with E-state index in [4.69, 9.17) is 5.26 Å². The highest BCUT2D eigenvalue weighted by molar-refractivity contribution is 7.99. The van der Waals surface area contributed by atoms with Crippen LogP contribution in [0, 0.1) is 11.5 Å². The Morgan fingerprint density at radius 3 is 3.12 bits per heavy atom. The van der Waals surface area contributed by atoms with Crippen molar-refractivity contribution in [2.45, 2.75) is 12.5 Å². The summed E-state index contributed by atoms with van der Waals surface area (Å²) in [7, 11) is 0. The van der Waals surface area contributed by atoms with Crippen molar-refractivity contribution in [3.05, 3.63) is 0 Å². The minimum absolute atomic E-state index is 0.463. The summed E-state index contributed by atoms with van der Waals surface area (Å²) in [6.07, 6.45) is 3.10. The average Bonchev–Trinajstić information content (AvgIpc) is 2.19. The lowest BCUT2D eigenvalue weighted by Crippen LogP contribution is -2.23. The van der Waals surface area contributed by atoms with Crippen LogP contribution in [-0.2, 0) is 0 Å². The predicted molar refractivity (Wildman–Crippen MR) is 34.5 cm³/mol. The number of hydrogen-bond donors (Lipinski definition) is 1. The molecule has 0 amide bonds. The summed E-state index contributed by atoms with van der Waals surface area (Å²) in [5, 5.41) is 10.9. The summed E-state index contributed by atoms with van der Waals surface area (Å²) in [6, 6.07) is 0.463. The van der Waals surface area contributed by atoms with E-state index >= 15 is 0 Å². The van der Waals surface area contributed by atoms with Crippen molar-refractivity contribution in [3.63, 3.8) is 0 Å².